The SMILES string of the molecule is CC(C)CSCC(=O)Cc1cncc(Br)c1. The van der Waals surface area contributed by atoms with Crippen LogP contribution in [0.5, 0.6) is 0 Å². The van der Waals surface area contributed by atoms with Crippen LogP contribution in [0.4, 0.5) is 0 Å². The molecule has 16 heavy (non-hydrogen) atoms. The highest BCUT2D eigenvalue weighted by Crippen LogP contribution is 2.12. The van der Waals surface area contributed by atoms with Gasteiger partial charge in [0.25, 0.3) is 0 Å². The van der Waals surface area contributed by atoms with E-state index in [4.69, 9.17) is 0 Å². The summed E-state index contributed by atoms with van der Waals surface area (Å²) in [4.78, 5) is 15.7. The van der Waals surface area contributed by atoms with Crippen molar-refractivity contribution >= 4 is 33.5 Å². The Morgan fingerprint density at radius 3 is 2.88 bits per heavy atom. The molecule has 0 N–H and O–H groups in total. The van der Waals surface area contributed by atoms with Crippen molar-refractivity contribution in [1.29, 1.82) is 0 Å². The molecule has 0 spiro atoms. The third kappa shape index (κ3) is 5.66. The lowest BCUT2D eigenvalue weighted by Crippen LogP contribution is -2.07. The molecule has 1 aromatic rings. The summed E-state index contributed by atoms with van der Waals surface area (Å²) in [5.74, 6) is 2.56. The lowest BCUT2D eigenvalue weighted by molar-refractivity contribution is -0.116. The fraction of sp³-hybridized carbons (Fsp3) is 0.500. The van der Waals surface area contributed by atoms with Crippen LogP contribution in [0.3, 0.4) is 0 Å². The number of hydrogen-bond acceptors (Lipinski definition) is 3. The summed E-state index contributed by atoms with van der Waals surface area (Å²) in [5, 5.41) is 0. The lowest BCUT2D eigenvalue weighted by atomic mass is 10.2. The number of ketones is 1. The molecule has 1 rings (SSSR count). The highest BCUT2D eigenvalue weighted by atomic mass is 79.9. The Labute approximate surface area is 109 Å². The number of halogens is 1. The summed E-state index contributed by atoms with van der Waals surface area (Å²) >= 11 is 5.06. The zero-order valence-corrected chi connectivity index (χ0v) is 12.0. The molecular weight excluding hydrogens is 286 g/mol. The predicted molar refractivity (Wildman–Crippen MR) is 72.8 cm³/mol. The maximum atomic E-state index is 11.6. The van der Waals surface area contributed by atoms with Gasteiger partial charge in [-0.2, -0.15) is 11.8 Å². The van der Waals surface area contributed by atoms with Gasteiger partial charge in [0.2, 0.25) is 0 Å². The zero-order chi connectivity index (χ0) is 12.0. The molecule has 0 aliphatic heterocycles. The van der Waals surface area contributed by atoms with Crippen LogP contribution < -0.4 is 0 Å². The molecule has 1 aromatic heterocycles. The van der Waals surface area contributed by atoms with Crippen LogP contribution in [0.1, 0.15) is 19.4 Å². The number of rotatable bonds is 6. The smallest absolute Gasteiger partial charge is 0.147 e. The molecule has 0 fully saturated rings. The van der Waals surface area contributed by atoms with E-state index in [1.807, 2.05) is 6.07 Å². The van der Waals surface area contributed by atoms with Gasteiger partial charge in [0.15, 0.2) is 0 Å². The van der Waals surface area contributed by atoms with Gasteiger partial charge in [-0.3, -0.25) is 9.78 Å². The second-order valence-corrected chi connectivity index (χ2v) is 6.08. The van der Waals surface area contributed by atoms with E-state index in [9.17, 15) is 4.79 Å². The van der Waals surface area contributed by atoms with E-state index in [-0.39, 0.29) is 5.78 Å². The van der Waals surface area contributed by atoms with Crippen molar-refractivity contribution in [2.45, 2.75) is 20.3 Å². The molecule has 0 saturated heterocycles. The normalized spacial score (nSPS) is 10.8. The zero-order valence-electron chi connectivity index (χ0n) is 9.57. The summed E-state index contributed by atoms with van der Waals surface area (Å²) in [6.07, 6.45) is 3.95. The number of Topliss-reactive ketones (excluding diaryl/α,β-unsaturated/α-hetero) is 1. The van der Waals surface area contributed by atoms with Crippen molar-refractivity contribution in [3.05, 3.63) is 28.5 Å². The Morgan fingerprint density at radius 2 is 2.25 bits per heavy atom. The minimum absolute atomic E-state index is 0.269. The first kappa shape index (κ1) is 13.7. The minimum atomic E-state index is 0.269. The predicted octanol–water partition coefficient (Wildman–Crippen LogP) is 3.34. The van der Waals surface area contributed by atoms with E-state index in [1.54, 1.807) is 24.2 Å². The Morgan fingerprint density at radius 1 is 1.50 bits per heavy atom. The molecule has 0 bridgehead atoms. The molecule has 0 radical (unpaired) electrons. The molecule has 0 atom stereocenters. The molecule has 0 amide bonds. The Kier molecular flexibility index (Phi) is 6.06. The van der Waals surface area contributed by atoms with E-state index in [0.717, 1.165) is 15.8 Å². The van der Waals surface area contributed by atoms with Gasteiger partial charge in [-0.1, -0.05) is 13.8 Å². The van der Waals surface area contributed by atoms with Gasteiger partial charge in [0.1, 0.15) is 5.78 Å². The number of pyridine rings is 1. The number of nitrogens with zero attached hydrogens (tertiary/aromatic N) is 1. The maximum absolute atomic E-state index is 11.6. The van der Waals surface area contributed by atoms with E-state index in [2.05, 4.69) is 34.8 Å². The summed E-state index contributed by atoms with van der Waals surface area (Å²) in [7, 11) is 0. The summed E-state index contributed by atoms with van der Waals surface area (Å²) in [6.45, 7) is 4.32. The Hall–Kier alpha value is -0.350. The van der Waals surface area contributed by atoms with Crippen molar-refractivity contribution in [2.75, 3.05) is 11.5 Å². The topological polar surface area (TPSA) is 30.0 Å². The molecule has 4 heteroatoms. The largest absolute Gasteiger partial charge is 0.298 e. The van der Waals surface area contributed by atoms with Gasteiger partial charge in [-0.15, -0.1) is 0 Å². The third-order valence-electron chi connectivity index (χ3n) is 1.88. The number of thioether (sulfide) groups is 1. The lowest BCUT2D eigenvalue weighted by Gasteiger charge is -2.04. The Bertz CT molecular complexity index is 355. The van der Waals surface area contributed by atoms with Crippen LogP contribution >= 0.6 is 27.7 Å². The highest BCUT2D eigenvalue weighted by molar-refractivity contribution is 9.10. The first-order chi connectivity index (χ1) is 7.58. The van der Waals surface area contributed by atoms with Crippen LogP contribution in [-0.4, -0.2) is 22.3 Å². The average Bonchev–Trinajstić information content (AvgIpc) is 2.16. The highest BCUT2D eigenvalue weighted by Gasteiger charge is 2.05. The number of aromatic nitrogens is 1. The monoisotopic (exact) mass is 301 g/mol. The van der Waals surface area contributed by atoms with Crippen molar-refractivity contribution < 1.29 is 4.79 Å². The second kappa shape index (κ2) is 7.07. The molecule has 0 saturated carbocycles. The average molecular weight is 302 g/mol. The van der Waals surface area contributed by atoms with E-state index in [1.165, 1.54) is 0 Å². The van der Waals surface area contributed by atoms with Crippen LogP contribution in [0, 0.1) is 5.92 Å². The van der Waals surface area contributed by atoms with Gasteiger partial charge in [0, 0.05) is 23.3 Å². The van der Waals surface area contributed by atoms with E-state index in [0.29, 0.717) is 18.1 Å². The van der Waals surface area contributed by atoms with Crippen LogP contribution in [0.25, 0.3) is 0 Å². The minimum Gasteiger partial charge on any atom is -0.298 e. The van der Waals surface area contributed by atoms with Crippen LogP contribution in [0.2, 0.25) is 0 Å². The van der Waals surface area contributed by atoms with Crippen molar-refractivity contribution in [3.63, 3.8) is 0 Å². The molecule has 0 aliphatic carbocycles. The summed E-state index contributed by atoms with van der Waals surface area (Å²) in [5.41, 5.74) is 0.976. The van der Waals surface area contributed by atoms with Gasteiger partial charge in [-0.05, 0) is 39.2 Å². The van der Waals surface area contributed by atoms with Crippen molar-refractivity contribution in [3.8, 4) is 0 Å². The quantitative estimate of drug-likeness (QED) is 0.807. The van der Waals surface area contributed by atoms with Gasteiger partial charge < -0.3 is 0 Å². The van der Waals surface area contributed by atoms with Gasteiger partial charge >= 0.3 is 0 Å². The van der Waals surface area contributed by atoms with E-state index < -0.39 is 0 Å². The second-order valence-electron chi connectivity index (χ2n) is 4.14. The Balaban J connectivity index is 2.34. The molecule has 0 aliphatic rings. The van der Waals surface area contributed by atoms with E-state index >= 15 is 0 Å². The fourth-order valence-electron chi connectivity index (χ4n) is 1.24. The fourth-order valence-corrected chi connectivity index (χ4v) is 2.57. The maximum Gasteiger partial charge on any atom is 0.147 e. The number of carbonyl (C=O) groups is 1. The first-order valence-electron chi connectivity index (χ1n) is 5.27. The molecule has 88 valence electrons. The molecule has 1 heterocycles. The molecule has 0 unspecified atom stereocenters. The number of hydrogen-bond donors (Lipinski definition) is 0. The number of carbonyl (C=O) groups excluding carboxylic acids is 1. The summed E-state index contributed by atoms with van der Waals surface area (Å²) in [6, 6.07) is 1.94. The van der Waals surface area contributed by atoms with Crippen LogP contribution in [0.15, 0.2) is 22.9 Å². The van der Waals surface area contributed by atoms with Crippen molar-refractivity contribution in [1.82, 2.24) is 4.98 Å². The third-order valence-corrected chi connectivity index (χ3v) is 3.74. The van der Waals surface area contributed by atoms with Gasteiger partial charge in [-0.25, -0.2) is 0 Å². The summed E-state index contributed by atoms with van der Waals surface area (Å²) < 4.78 is 0.924. The van der Waals surface area contributed by atoms with Crippen LogP contribution in [-0.2, 0) is 11.2 Å². The van der Waals surface area contributed by atoms with Gasteiger partial charge in [0.05, 0.1) is 5.75 Å². The molecular formula is C12H16BrNOS. The molecule has 0 aromatic carbocycles. The first-order valence-corrected chi connectivity index (χ1v) is 7.21. The van der Waals surface area contributed by atoms with Crippen molar-refractivity contribution in [2.24, 2.45) is 5.92 Å². The molecule has 2 nitrogen and oxygen atoms in total. The standard InChI is InChI=1S/C12H16BrNOS/c1-9(2)7-16-8-12(15)4-10-3-11(13)6-14-5-10/h3,5-6,9H,4,7-8H2,1-2H3.